The minimum absolute atomic E-state index is 0.139. The Labute approximate surface area is 182 Å². The Balaban J connectivity index is 1.94. The summed E-state index contributed by atoms with van der Waals surface area (Å²) in [4.78, 5) is 19.9. The van der Waals surface area contributed by atoms with Crippen molar-refractivity contribution in [1.82, 2.24) is 5.32 Å². The molecular formula is C24H29N3O2S. The number of rotatable bonds is 6. The van der Waals surface area contributed by atoms with Crippen LogP contribution < -0.4 is 10.2 Å². The number of phenolic OH excluding ortho intramolecular Hbond substituents is 1. The highest BCUT2D eigenvalue weighted by molar-refractivity contribution is 8.18. The quantitative estimate of drug-likeness (QED) is 0.581. The van der Waals surface area contributed by atoms with E-state index in [9.17, 15) is 9.90 Å². The van der Waals surface area contributed by atoms with Crippen molar-refractivity contribution in [1.29, 1.82) is 0 Å². The molecule has 6 heteroatoms. The lowest BCUT2D eigenvalue weighted by atomic mass is 9.99. The van der Waals surface area contributed by atoms with E-state index in [0.717, 1.165) is 52.1 Å². The number of hydrogen-bond donors (Lipinski definition) is 2. The standard InChI is InChI=1S/C24H29N3O2S/c1-6-27(7-2)18-10-8-17(9-11-18)13-22-23(26-24(29)30-22)25-20-14-19(15(3)4)21(28)12-16(20)5/h8-15,28H,6-7H2,1-5H3,(H,25,26,29)/b22-13-. The van der Waals surface area contributed by atoms with Crippen LogP contribution in [0.3, 0.4) is 0 Å². The fourth-order valence-corrected chi connectivity index (χ4v) is 4.17. The Kier molecular flexibility index (Phi) is 6.87. The molecule has 2 aromatic carbocycles. The molecular weight excluding hydrogens is 394 g/mol. The summed E-state index contributed by atoms with van der Waals surface area (Å²) in [5.41, 5.74) is 4.65. The van der Waals surface area contributed by atoms with E-state index < -0.39 is 0 Å². The fraction of sp³-hybridized carbons (Fsp3) is 0.333. The number of benzene rings is 2. The van der Waals surface area contributed by atoms with Crippen molar-refractivity contribution >= 4 is 40.3 Å². The number of phenols is 1. The lowest BCUT2D eigenvalue weighted by Gasteiger charge is -2.20. The highest BCUT2D eigenvalue weighted by Gasteiger charge is 2.24. The molecule has 1 fully saturated rings. The molecule has 3 rings (SSSR count). The van der Waals surface area contributed by atoms with Crippen molar-refractivity contribution in [2.45, 2.75) is 40.5 Å². The SMILES string of the molecule is CCN(CC)c1ccc(/C=C2\SC(=O)NC2=Nc2cc(C(C)C)c(O)cc2C)cc1. The van der Waals surface area contributed by atoms with Gasteiger partial charge in [0.1, 0.15) is 11.6 Å². The molecule has 2 aromatic rings. The number of carbonyl (C=O) groups excluding carboxylic acids is 1. The van der Waals surface area contributed by atoms with Crippen molar-refractivity contribution in [2.24, 2.45) is 4.99 Å². The van der Waals surface area contributed by atoms with Gasteiger partial charge in [0.05, 0.1) is 10.6 Å². The van der Waals surface area contributed by atoms with Gasteiger partial charge in [-0.15, -0.1) is 0 Å². The van der Waals surface area contributed by atoms with Crippen LogP contribution in [0, 0.1) is 6.92 Å². The van der Waals surface area contributed by atoms with Crippen molar-refractivity contribution < 1.29 is 9.90 Å². The highest BCUT2D eigenvalue weighted by atomic mass is 32.2. The van der Waals surface area contributed by atoms with Gasteiger partial charge in [-0.2, -0.15) is 0 Å². The molecule has 1 saturated heterocycles. The van der Waals surface area contributed by atoms with Gasteiger partial charge in [0, 0.05) is 18.8 Å². The molecule has 0 bridgehead atoms. The minimum atomic E-state index is -0.139. The summed E-state index contributed by atoms with van der Waals surface area (Å²) in [5, 5.41) is 12.9. The molecule has 158 valence electrons. The Bertz CT molecular complexity index is 990. The van der Waals surface area contributed by atoms with Crippen LogP contribution in [0.4, 0.5) is 16.2 Å². The first-order valence-electron chi connectivity index (χ1n) is 10.3. The molecule has 0 saturated carbocycles. The smallest absolute Gasteiger partial charge is 0.289 e. The van der Waals surface area contributed by atoms with E-state index in [4.69, 9.17) is 4.99 Å². The zero-order valence-corrected chi connectivity index (χ0v) is 19.0. The summed E-state index contributed by atoms with van der Waals surface area (Å²) in [7, 11) is 0. The van der Waals surface area contributed by atoms with Gasteiger partial charge in [0.15, 0.2) is 0 Å². The van der Waals surface area contributed by atoms with Crippen LogP contribution in [0.5, 0.6) is 5.75 Å². The number of nitrogens with one attached hydrogen (secondary N) is 1. The molecule has 0 radical (unpaired) electrons. The highest BCUT2D eigenvalue weighted by Crippen LogP contribution is 2.35. The maximum atomic E-state index is 12.1. The third kappa shape index (κ3) is 4.87. The van der Waals surface area contributed by atoms with Crippen molar-refractivity contribution in [3.63, 3.8) is 0 Å². The number of nitrogens with zero attached hydrogens (tertiary/aromatic N) is 2. The van der Waals surface area contributed by atoms with Crippen LogP contribution in [-0.4, -0.2) is 29.3 Å². The number of amides is 1. The third-order valence-electron chi connectivity index (χ3n) is 5.18. The van der Waals surface area contributed by atoms with Crippen molar-refractivity contribution in [3.8, 4) is 5.75 Å². The molecule has 1 aliphatic heterocycles. The molecule has 1 amide bonds. The summed E-state index contributed by atoms with van der Waals surface area (Å²) in [6, 6.07) is 11.9. The van der Waals surface area contributed by atoms with Crippen LogP contribution in [0.2, 0.25) is 0 Å². The third-order valence-corrected chi connectivity index (χ3v) is 5.99. The van der Waals surface area contributed by atoms with Crippen LogP contribution in [0.15, 0.2) is 46.3 Å². The van der Waals surface area contributed by atoms with Gasteiger partial charge in [0.2, 0.25) is 0 Å². The average Bonchev–Trinajstić information content (AvgIpc) is 3.04. The average molecular weight is 424 g/mol. The van der Waals surface area contributed by atoms with Crippen LogP contribution in [0.25, 0.3) is 6.08 Å². The molecule has 30 heavy (non-hydrogen) atoms. The topological polar surface area (TPSA) is 64.9 Å². The van der Waals surface area contributed by atoms with E-state index in [2.05, 4.69) is 48.3 Å². The Morgan fingerprint density at radius 1 is 1.17 bits per heavy atom. The summed E-state index contributed by atoms with van der Waals surface area (Å²) < 4.78 is 0. The normalized spacial score (nSPS) is 16.5. The zero-order valence-electron chi connectivity index (χ0n) is 18.2. The van der Waals surface area contributed by atoms with E-state index in [-0.39, 0.29) is 16.9 Å². The Morgan fingerprint density at radius 2 is 1.83 bits per heavy atom. The second kappa shape index (κ2) is 9.39. The molecule has 2 N–H and O–H groups in total. The molecule has 0 atom stereocenters. The second-order valence-electron chi connectivity index (χ2n) is 7.60. The first kappa shape index (κ1) is 22.0. The minimum Gasteiger partial charge on any atom is -0.508 e. The molecule has 1 heterocycles. The van der Waals surface area contributed by atoms with Gasteiger partial charge in [-0.3, -0.25) is 4.79 Å². The molecule has 0 aromatic heterocycles. The summed E-state index contributed by atoms with van der Waals surface area (Å²) in [6.07, 6.45) is 1.98. The van der Waals surface area contributed by atoms with Gasteiger partial charge in [-0.25, -0.2) is 4.99 Å². The predicted molar refractivity (Wildman–Crippen MR) is 128 cm³/mol. The van der Waals surface area contributed by atoms with Crippen LogP contribution >= 0.6 is 11.8 Å². The number of anilines is 1. The van der Waals surface area contributed by atoms with E-state index in [1.54, 1.807) is 6.07 Å². The Hall–Kier alpha value is -2.73. The van der Waals surface area contributed by atoms with Crippen molar-refractivity contribution in [2.75, 3.05) is 18.0 Å². The zero-order chi connectivity index (χ0) is 21.8. The van der Waals surface area contributed by atoms with Crippen LogP contribution in [0.1, 0.15) is 50.3 Å². The van der Waals surface area contributed by atoms with Crippen molar-refractivity contribution in [3.05, 3.63) is 58.0 Å². The summed E-state index contributed by atoms with van der Waals surface area (Å²) in [6.45, 7) is 12.2. The first-order chi connectivity index (χ1) is 14.3. The number of thioether (sulfide) groups is 1. The number of hydrogen-bond acceptors (Lipinski definition) is 5. The first-order valence-corrected chi connectivity index (χ1v) is 11.1. The van der Waals surface area contributed by atoms with Gasteiger partial charge in [-0.05, 0) is 85.5 Å². The molecule has 1 aliphatic rings. The summed E-state index contributed by atoms with van der Waals surface area (Å²) in [5.74, 6) is 0.998. The maximum absolute atomic E-state index is 12.1. The fourth-order valence-electron chi connectivity index (χ4n) is 3.44. The van der Waals surface area contributed by atoms with Gasteiger partial charge >= 0.3 is 0 Å². The molecule has 0 spiro atoms. The van der Waals surface area contributed by atoms with Gasteiger partial charge < -0.3 is 15.3 Å². The lowest BCUT2D eigenvalue weighted by Crippen LogP contribution is -2.21. The predicted octanol–water partition coefficient (Wildman–Crippen LogP) is 6.20. The maximum Gasteiger partial charge on any atom is 0.289 e. The summed E-state index contributed by atoms with van der Waals surface area (Å²) >= 11 is 1.15. The van der Waals surface area contributed by atoms with Gasteiger partial charge in [-0.1, -0.05) is 26.0 Å². The van der Waals surface area contributed by atoms with E-state index >= 15 is 0 Å². The molecule has 5 nitrogen and oxygen atoms in total. The number of aliphatic imine (C=N–C) groups is 1. The van der Waals surface area contributed by atoms with E-state index in [1.165, 1.54) is 5.69 Å². The van der Waals surface area contributed by atoms with E-state index in [1.807, 2.05) is 32.9 Å². The Morgan fingerprint density at radius 3 is 2.43 bits per heavy atom. The number of aryl methyl sites for hydroxylation is 1. The molecule has 0 unspecified atom stereocenters. The number of amidine groups is 1. The molecule has 0 aliphatic carbocycles. The largest absolute Gasteiger partial charge is 0.508 e. The lowest BCUT2D eigenvalue weighted by molar-refractivity contribution is 0.265. The number of aromatic hydroxyl groups is 1. The monoisotopic (exact) mass is 423 g/mol. The van der Waals surface area contributed by atoms with E-state index in [0.29, 0.717) is 5.84 Å². The number of carbonyl (C=O) groups is 1. The van der Waals surface area contributed by atoms with Crippen LogP contribution in [-0.2, 0) is 0 Å². The van der Waals surface area contributed by atoms with Gasteiger partial charge in [0.25, 0.3) is 5.24 Å². The second-order valence-corrected chi connectivity index (χ2v) is 8.61.